The monoisotopic (exact) mass is 325 g/mol. The van der Waals surface area contributed by atoms with E-state index in [1.165, 1.54) is 5.56 Å². The van der Waals surface area contributed by atoms with Crippen LogP contribution in [0.4, 0.5) is 0 Å². The Labute approximate surface area is 142 Å². The maximum Gasteiger partial charge on any atom is 0.262 e. The zero-order valence-electron chi connectivity index (χ0n) is 14.5. The molecule has 0 spiro atoms. The van der Waals surface area contributed by atoms with Gasteiger partial charge in [0.15, 0.2) is 0 Å². The molecule has 0 aliphatic rings. The molecule has 2 aromatic carbocycles. The Morgan fingerprint density at radius 2 is 1.71 bits per heavy atom. The van der Waals surface area contributed by atoms with Gasteiger partial charge in [-0.15, -0.1) is 0 Å². The summed E-state index contributed by atoms with van der Waals surface area (Å²) in [7, 11) is 2.62. The number of hydrogen-bond donors (Lipinski definition) is 1. The SMILES string of the molecule is CCc1c(C)n(C(=O)c2ccc(OC)cc2)c2ccccc12.CO. The number of aliphatic hydroxyl groups is 1. The number of aromatic nitrogens is 1. The van der Waals surface area contributed by atoms with Gasteiger partial charge in [-0.05, 0) is 49.2 Å². The number of hydrogen-bond acceptors (Lipinski definition) is 3. The second-order valence-electron chi connectivity index (χ2n) is 5.30. The van der Waals surface area contributed by atoms with E-state index in [-0.39, 0.29) is 5.91 Å². The first-order chi connectivity index (χ1) is 11.7. The van der Waals surface area contributed by atoms with Crippen molar-refractivity contribution < 1.29 is 14.6 Å². The van der Waals surface area contributed by atoms with E-state index < -0.39 is 0 Å². The Hall–Kier alpha value is -2.59. The van der Waals surface area contributed by atoms with Gasteiger partial charge in [-0.25, -0.2) is 0 Å². The highest BCUT2D eigenvalue weighted by Crippen LogP contribution is 2.27. The number of benzene rings is 2. The molecule has 1 N–H and O–H groups in total. The van der Waals surface area contributed by atoms with Gasteiger partial charge >= 0.3 is 0 Å². The van der Waals surface area contributed by atoms with E-state index in [9.17, 15) is 4.79 Å². The fourth-order valence-corrected chi connectivity index (χ4v) is 3.01. The van der Waals surface area contributed by atoms with Crippen molar-refractivity contribution in [1.82, 2.24) is 4.57 Å². The van der Waals surface area contributed by atoms with E-state index in [4.69, 9.17) is 9.84 Å². The third kappa shape index (κ3) is 3.05. The Morgan fingerprint density at radius 3 is 2.29 bits per heavy atom. The third-order valence-electron chi connectivity index (χ3n) is 4.14. The molecule has 4 nitrogen and oxygen atoms in total. The van der Waals surface area contributed by atoms with Crippen LogP contribution in [0.1, 0.15) is 28.5 Å². The van der Waals surface area contributed by atoms with E-state index in [0.717, 1.165) is 35.9 Å². The lowest BCUT2D eigenvalue weighted by molar-refractivity contribution is 0.0963. The summed E-state index contributed by atoms with van der Waals surface area (Å²) in [5, 5.41) is 8.16. The van der Waals surface area contributed by atoms with Gasteiger partial charge in [0.1, 0.15) is 5.75 Å². The van der Waals surface area contributed by atoms with Crippen molar-refractivity contribution >= 4 is 16.8 Å². The van der Waals surface area contributed by atoms with Gasteiger partial charge in [0.2, 0.25) is 0 Å². The molecule has 0 radical (unpaired) electrons. The number of carbonyl (C=O) groups is 1. The Bertz CT molecular complexity index is 832. The van der Waals surface area contributed by atoms with Crippen LogP contribution in [0.25, 0.3) is 10.9 Å². The van der Waals surface area contributed by atoms with Crippen LogP contribution in [-0.4, -0.2) is 29.8 Å². The molecule has 1 aromatic heterocycles. The van der Waals surface area contributed by atoms with Gasteiger partial charge in [0.05, 0.1) is 12.6 Å². The number of aliphatic hydroxyl groups excluding tert-OH is 1. The predicted octanol–water partition coefficient (Wildman–Crippen LogP) is 3.82. The molecule has 3 aromatic rings. The van der Waals surface area contributed by atoms with Crippen LogP contribution in [0, 0.1) is 6.92 Å². The molecule has 0 aliphatic heterocycles. The van der Waals surface area contributed by atoms with Crippen LogP contribution in [0.3, 0.4) is 0 Å². The van der Waals surface area contributed by atoms with Gasteiger partial charge in [-0.1, -0.05) is 25.1 Å². The van der Waals surface area contributed by atoms with Gasteiger partial charge in [0, 0.05) is 23.8 Å². The molecule has 0 saturated carbocycles. The third-order valence-corrected chi connectivity index (χ3v) is 4.14. The van der Waals surface area contributed by atoms with Crippen LogP contribution >= 0.6 is 0 Å². The summed E-state index contributed by atoms with van der Waals surface area (Å²) in [5.74, 6) is 0.746. The number of para-hydroxylation sites is 1. The average molecular weight is 325 g/mol. The summed E-state index contributed by atoms with van der Waals surface area (Å²) >= 11 is 0. The molecule has 24 heavy (non-hydrogen) atoms. The normalized spacial score (nSPS) is 10.2. The molecule has 0 amide bonds. The second kappa shape index (κ2) is 7.79. The molecule has 0 atom stereocenters. The zero-order valence-corrected chi connectivity index (χ0v) is 14.5. The first kappa shape index (κ1) is 17.8. The number of aryl methyl sites for hydroxylation is 1. The van der Waals surface area contributed by atoms with Gasteiger partial charge in [-0.2, -0.15) is 0 Å². The molecule has 0 saturated heterocycles. The Morgan fingerprint density at radius 1 is 1.08 bits per heavy atom. The average Bonchev–Trinajstić information content (AvgIpc) is 2.94. The fraction of sp³-hybridized carbons (Fsp3) is 0.250. The standard InChI is InChI=1S/C19H19NO2.CH4O/c1-4-16-13(2)20(18-8-6-5-7-17(16)18)19(21)14-9-11-15(22-3)12-10-14;1-2/h5-12H,4H2,1-3H3;2H,1H3. The molecule has 0 bridgehead atoms. The van der Waals surface area contributed by atoms with Crippen LogP contribution in [-0.2, 0) is 6.42 Å². The minimum absolute atomic E-state index is 0.00365. The van der Waals surface area contributed by atoms with Crippen molar-refractivity contribution in [1.29, 1.82) is 0 Å². The van der Waals surface area contributed by atoms with Crippen LogP contribution in [0.5, 0.6) is 5.75 Å². The smallest absolute Gasteiger partial charge is 0.262 e. The lowest BCUT2D eigenvalue weighted by Gasteiger charge is -2.08. The molecule has 0 fully saturated rings. The molecule has 0 aliphatic carbocycles. The number of nitrogens with zero attached hydrogens (tertiary/aromatic N) is 1. The summed E-state index contributed by atoms with van der Waals surface area (Å²) in [6.07, 6.45) is 0.912. The largest absolute Gasteiger partial charge is 0.497 e. The molecule has 1 heterocycles. The van der Waals surface area contributed by atoms with E-state index in [1.54, 1.807) is 19.2 Å². The minimum atomic E-state index is -0.00365. The number of fused-ring (bicyclic) bond motifs is 1. The summed E-state index contributed by atoms with van der Waals surface area (Å²) in [6, 6.07) is 15.3. The lowest BCUT2D eigenvalue weighted by atomic mass is 10.1. The van der Waals surface area contributed by atoms with Gasteiger partial charge in [0.25, 0.3) is 5.91 Å². The highest BCUT2D eigenvalue weighted by molar-refractivity contribution is 6.04. The Kier molecular flexibility index (Phi) is 5.77. The van der Waals surface area contributed by atoms with Crippen molar-refractivity contribution in [3.63, 3.8) is 0 Å². The quantitative estimate of drug-likeness (QED) is 0.796. The molecular formula is C20H23NO3. The minimum Gasteiger partial charge on any atom is -0.497 e. The maximum atomic E-state index is 12.9. The Balaban J connectivity index is 0.00000100. The van der Waals surface area contributed by atoms with Crippen molar-refractivity contribution in [2.45, 2.75) is 20.3 Å². The number of methoxy groups -OCH3 is 1. The maximum absolute atomic E-state index is 12.9. The van der Waals surface area contributed by atoms with E-state index in [1.807, 2.05) is 41.8 Å². The van der Waals surface area contributed by atoms with Crippen molar-refractivity contribution in [3.8, 4) is 5.75 Å². The highest BCUT2D eigenvalue weighted by Gasteiger charge is 2.18. The van der Waals surface area contributed by atoms with E-state index >= 15 is 0 Å². The molecule has 4 heteroatoms. The summed E-state index contributed by atoms with van der Waals surface area (Å²) < 4.78 is 6.97. The van der Waals surface area contributed by atoms with Crippen molar-refractivity contribution in [2.75, 3.05) is 14.2 Å². The second-order valence-corrected chi connectivity index (χ2v) is 5.30. The number of carbonyl (C=O) groups excluding carboxylic acids is 1. The number of ether oxygens (including phenoxy) is 1. The fourth-order valence-electron chi connectivity index (χ4n) is 3.01. The predicted molar refractivity (Wildman–Crippen MR) is 96.9 cm³/mol. The van der Waals surface area contributed by atoms with Gasteiger partial charge in [-0.3, -0.25) is 9.36 Å². The summed E-state index contributed by atoms with van der Waals surface area (Å²) in [5.41, 5.74) is 3.88. The van der Waals surface area contributed by atoms with Crippen molar-refractivity contribution in [3.05, 3.63) is 65.4 Å². The molecule has 0 unspecified atom stereocenters. The molecule has 3 rings (SSSR count). The van der Waals surface area contributed by atoms with E-state index in [2.05, 4.69) is 13.0 Å². The number of rotatable bonds is 3. The van der Waals surface area contributed by atoms with Crippen LogP contribution in [0.15, 0.2) is 48.5 Å². The first-order valence-electron chi connectivity index (χ1n) is 7.89. The highest BCUT2D eigenvalue weighted by atomic mass is 16.5. The zero-order chi connectivity index (χ0) is 17.7. The summed E-state index contributed by atoms with van der Waals surface area (Å²) in [4.78, 5) is 12.9. The van der Waals surface area contributed by atoms with E-state index in [0.29, 0.717) is 5.56 Å². The molecular weight excluding hydrogens is 302 g/mol. The topological polar surface area (TPSA) is 51.5 Å². The first-order valence-corrected chi connectivity index (χ1v) is 7.89. The lowest BCUT2D eigenvalue weighted by Crippen LogP contribution is -2.13. The van der Waals surface area contributed by atoms with Gasteiger partial charge < -0.3 is 9.84 Å². The van der Waals surface area contributed by atoms with Crippen LogP contribution in [0.2, 0.25) is 0 Å². The summed E-state index contributed by atoms with van der Waals surface area (Å²) in [6.45, 7) is 4.14. The molecule has 126 valence electrons. The van der Waals surface area contributed by atoms with Crippen molar-refractivity contribution in [2.24, 2.45) is 0 Å². The van der Waals surface area contributed by atoms with Crippen LogP contribution < -0.4 is 4.74 Å².